The van der Waals surface area contributed by atoms with Gasteiger partial charge in [0.1, 0.15) is 0 Å². The van der Waals surface area contributed by atoms with Crippen molar-refractivity contribution >= 4 is 18.4 Å². The molecule has 0 saturated carbocycles. The van der Waals surface area contributed by atoms with Gasteiger partial charge in [0.2, 0.25) is 0 Å². The zero-order chi connectivity index (χ0) is 8.97. The molecule has 0 amide bonds. The highest BCUT2D eigenvalue weighted by molar-refractivity contribution is 5.85. The van der Waals surface area contributed by atoms with Crippen LogP contribution in [0.2, 0.25) is 0 Å². The molecule has 0 aliphatic heterocycles. The summed E-state index contributed by atoms with van der Waals surface area (Å²) in [5.74, 6) is 0.136. The van der Waals surface area contributed by atoms with E-state index in [1.165, 1.54) is 5.56 Å². The van der Waals surface area contributed by atoms with Crippen LogP contribution in [0.3, 0.4) is 0 Å². The molecule has 13 heavy (non-hydrogen) atoms. The van der Waals surface area contributed by atoms with Gasteiger partial charge in [-0.2, -0.15) is 0 Å². The quantitative estimate of drug-likeness (QED) is 0.555. The van der Waals surface area contributed by atoms with Gasteiger partial charge in [0.05, 0.1) is 6.54 Å². The van der Waals surface area contributed by atoms with Crippen molar-refractivity contribution in [3.63, 3.8) is 0 Å². The van der Waals surface area contributed by atoms with E-state index in [0.29, 0.717) is 6.54 Å². The molecule has 0 aliphatic rings. The highest BCUT2D eigenvalue weighted by Crippen LogP contribution is 2.04. The molecule has 0 heterocycles. The number of hydrogen-bond acceptors (Lipinski definition) is 1. The van der Waals surface area contributed by atoms with Crippen molar-refractivity contribution in [3.8, 4) is 0 Å². The van der Waals surface area contributed by atoms with Crippen molar-refractivity contribution in [1.29, 1.82) is 0 Å². The van der Waals surface area contributed by atoms with Gasteiger partial charge in [-0.15, -0.1) is 12.4 Å². The molecule has 0 aromatic heterocycles. The topological polar surface area (TPSA) is 64.4 Å². The number of benzene rings is 1. The van der Waals surface area contributed by atoms with Gasteiger partial charge in [-0.05, 0) is 12.5 Å². The van der Waals surface area contributed by atoms with Gasteiger partial charge in [0, 0.05) is 0 Å². The maximum atomic E-state index is 5.21. The van der Waals surface area contributed by atoms with Crippen LogP contribution in [0.15, 0.2) is 29.3 Å². The van der Waals surface area contributed by atoms with Crippen molar-refractivity contribution in [2.24, 2.45) is 16.5 Å². The van der Waals surface area contributed by atoms with Crippen molar-refractivity contribution < 1.29 is 0 Å². The summed E-state index contributed by atoms with van der Waals surface area (Å²) in [6.07, 6.45) is 0. The summed E-state index contributed by atoms with van der Waals surface area (Å²) >= 11 is 0. The van der Waals surface area contributed by atoms with Crippen LogP contribution in [-0.4, -0.2) is 5.96 Å². The van der Waals surface area contributed by atoms with E-state index in [9.17, 15) is 0 Å². The maximum Gasteiger partial charge on any atom is 0.186 e. The highest BCUT2D eigenvalue weighted by atomic mass is 35.5. The lowest BCUT2D eigenvalue weighted by Crippen LogP contribution is -2.22. The Hall–Kier alpha value is -1.22. The Kier molecular flexibility index (Phi) is 4.92. The van der Waals surface area contributed by atoms with E-state index >= 15 is 0 Å². The summed E-state index contributed by atoms with van der Waals surface area (Å²) in [4.78, 5) is 3.91. The third-order valence-corrected chi connectivity index (χ3v) is 1.53. The first-order valence-corrected chi connectivity index (χ1v) is 3.79. The normalized spacial score (nSPS) is 8.69. The average molecular weight is 200 g/mol. The molecule has 0 spiro atoms. The Morgan fingerprint density at radius 2 is 2.08 bits per heavy atom. The SMILES string of the molecule is Cc1cccc(CN=C(N)N)c1.Cl. The van der Waals surface area contributed by atoms with Crippen molar-refractivity contribution in [2.45, 2.75) is 13.5 Å². The number of rotatable bonds is 2. The van der Waals surface area contributed by atoms with Gasteiger partial charge in [-0.25, -0.2) is 4.99 Å². The molecular formula is C9H14ClN3. The number of nitrogens with two attached hydrogens (primary N) is 2. The Labute approximate surface area is 84.3 Å². The summed E-state index contributed by atoms with van der Waals surface area (Å²) in [6.45, 7) is 2.60. The van der Waals surface area contributed by atoms with E-state index < -0.39 is 0 Å². The van der Waals surface area contributed by atoms with Crippen molar-refractivity contribution in [1.82, 2.24) is 0 Å². The van der Waals surface area contributed by atoms with Gasteiger partial charge in [-0.3, -0.25) is 0 Å². The van der Waals surface area contributed by atoms with Crippen LogP contribution in [0.5, 0.6) is 0 Å². The smallest absolute Gasteiger partial charge is 0.186 e. The van der Waals surface area contributed by atoms with Gasteiger partial charge in [0.15, 0.2) is 5.96 Å². The first-order chi connectivity index (χ1) is 5.68. The van der Waals surface area contributed by atoms with Crippen molar-refractivity contribution in [2.75, 3.05) is 0 Å². The number of aliphatic imine (C=N–C) groups is 1. The molecule has 4 N–H and O–H groups in total. The Morgan fingerprint density at radius 1 is 1.38 bits per heavy atom. The minimum Gasteiger partial charge on any atom is -0.370 e. The zero-order valence-corrected chi connectivity index (χ0v) is 8.34. The minimum absolute atomic E-state index is 0. The van der Waals surface area contributed by atoms with E-state index in [-0.39, 0.29) is 18.4 Å². The van der Waals surface area contributed by atoms with Crippen LogP contribution in [0.1, 0.15) is 11.1 Å². The summed E-state index contributed by atoms with van der Waals surface area (Å²) in [5.41, 5.74) is 12.8. The predicted octanol–water partition coefficient (Wildman–Crippen LogP) is 1.19. The molecule has 0 saturated heterocycles. The maximum absolute atomic E-state index is 5.21. The van der Waals surface area contributed by atoms with E-state index in [0.717, 1.165) is 5.56 Å². The predicted molar refractivity (Wildman–Crippen MR) is 57.9 cm³/mol. The molecule has 1 rings (SSSR count). The van der Waals surface area contributed by atoms with Crippen LogP contribution in [-0.2, 0) is 6.54 Å². The first-order valence-electron chi connectivity index (χ1n) is 3.79. The molecule has 0 atom stereocenters. The fraction of sp³-hybridized carbons (Fsp3) is 0.222. The number of halogens is 1. The number of guanidine groups is 1. The molecule has 0 unspecified atom stereocenters. The number of aryl methyl sites for hydroxylation is 1. The zero-order valence-electron chi connectivity index (χ0n) is 7.53. The summed E-state index contributed by atoms with van der Waals surface area (Å²) in [5, 5.41) is 0. The van der Waals surface area contributed by atoms with E-state index in [4.69, 9.17) is 11.5 Å². The number of hydrogen-bond donors (Lipinski definition) is 2. The van der Waals surface area contributed by atoms with E-state index in [2.05, 4.69) is 11.1 Å². The van der Waals surface area contributed by atoms with E-state index in [1.807, 2.05) is 25.1 Å². The summed E-state index contributed by atoms with van der Waals surface area (Å²) in [6, 6.07) is 8.10. The molecule has 3 nitrogen and oxygen atoms in total. The summed E-state index contributed by atoms with van der Waals surface area (Å²) in [7, 11) is 0. The Morgan fingerprint density at radius 3 is 2.62 bits per heavy atom. The molecule has 0 fully saturated rings. The second-order valence-corrected chi connectivity index (χ2v) is 2.73. The fourth-order valence-electron chi connectivity index (χ4n) is 0.993. The lowest BCUT2D eigenvalue weighted by molar-refractivity contribution is 1.05. The molecular weight excluding hydrogens is 186 g/mol. The largest absolute Gasteiger partial charge is 0.370 e. The molecule has 0 aliphatic carbocycles. The van der Waals surface area contributed by atoms with Crippen LogP contribution in [0.25, 0.3) is 0 Å². The molecule has 4 heteroatoms. The minimum atomic E-state index is 0. The van der Waals surface area contributed by atoms with Gasteiger partial charge < -0.3 is 11.5 Å². The monoisotopic (exact) mass is 199 g/mol. The average Bonchev–Trinajstić information content (AvgIpc) is 2.01. The van der Waals surface area contributed by atoms with Gasteiger partial charge in [0.25, 0.3) is 0 Å². The second kappa shape index (κ2) is 5.43. The highest BCUT2D eigenvalue weighted by Gasteiger charge is 1.90. The molecule has 0 radical (unpaired) electrons. The Bertz CT molecular complexity index is 293. The molecule has 72 valence electrons. The standard InChI is InChI=1S/C9H13N3.ClH/c1-7-3-2-4-8(5-7)6-12-9(10)11;/h2-5H,6H2,1H3,(H4,10,11,12);1H. The lowest BCUT2D eigenvalue weighted by Gasteiger charge is -1.98. The molecule has 1 aromatic carbocycles. The summed E-state index contributed by atoms with van der Waals surface area (Å²) < 4.78 is 0. The molecule has 1 aromatic rings. The first kappa shape index (κ1) is 11.8. The molecule has 0 bridgehead atoms. The van der Waals surface area contributed by atoms with Crippen LogP contribution in [0, 0.1) is 6.92 Å². The third kappa shape index (κ3) is 4.38. The van der Waals surface area contributed by atoms with Crippen LogP contribution in [0.4, 0.5) is 0 Å². The van der Waals surface area contributed by atoms with Gasteiger partial charge in [-0.1, -0.05) is 29.8 Å². The third-order valence-electron chi connectivity index (χ3n) is 1.53. The second-order valence-electron chi connectivity index (χ2n) is 2.73. The fourth-order valence-corrected chi connectivity index (χ4v) is 0.993. The lowest BCUT2D eigenvalue weighted by atomic mass is 10.1. The van der Waals surface area contributed by atoms with E-state index in [1.54, 1.807) is 0 Å². The van der Waals surface area contributed by atoms with Crippen molar-refractivity contribution in [3.05, 3.63) is 35.4 Å². The Balaban J connectivity index is 0.00000144. The van der Waals surface area contributed by atoms with Crippen LogP contribution >= 0.6 is 12.4 Å². The van der Waals surface area contributed by atoms with Gasteiger partial charge >= 0.3 is 0 Å². The number of nitrogens with zero attached hydrogens (tertiary/aromatic N) is 1. The van der Waals surface area contributed by atoms with Crippen LogP contribution < -0.4 is 11.5 Å².